The van der Waals surface area contributed by atoms with Crippen LogP contribution in [0.5, 0.6) is 5.75 Å². The molecule has 0 saturated carbocycles. The molecule has 2 aromatic rings. The van der Waals surface area contributed by atoms with Crippen LogP contribution >= 0.6 is 23.8 Å². The molecule has 7 heteroatoms. The van der Waals surface area contributed by atoms with Crippen molar-refractivity contribution < 1.29 is 9.13 Å². The molecule has 1 aromatic carbocycles. The molecule has 1 atom stereocenters. The van der Waals surface area contributed by atoms with E-state index < -0.39 is 5.82 Å². The average Bonchev–Trinajstić information content (AvgIpc) is 2.64. The van der Waals surface area contributed by atoms with Crippen LogP contribution in [0.25, 0.3) is 0 Å². The van der Waals surface area contributed by atoms with Crippen LogP contribution in [0, 0.1) is 10.6 Å². The minimum Gasteiger partial charge on any atom is -0.481 e. The molecule has 0 fully saturated rings. The van der Waals surface area contributed by atoms with Crippen LogP contribution in [-0.2, 0) is 7.05 Å². The molecule has 18 heavy (non-hydrogen) atoms. The first-order chi connectivity index (χ1) is 8.49. The predicted molar refractivity (Wildman–Crippen MR) is 68.8 cm³/mol. The van der Waals surface area contributed by atoms with Gasteiger partial charge in [-0.05, 0) is 37.3 Å². The quantitative estimate of drug-likeness (QED) is 0.880. The summed E-state index contributed by atoms with van der Waals surface area (Å²) in [7, 11) is 1.79. The molecule has 2 rings (SSSR count). The third-order valence-electron chi connectivity index (χ3n) is 2.48. The fourth-order valence-corrected chi connectivity index (χ4v) is 1.89. The van der Waals surface area contributed by atoms with E-state index in [0.717, 1.165) is 0 Å². The lowest BCUT2D eigenvalue weighted by molar-refractivity contribution is 0.212. The second-order valence-corrected chi connectivity index (χ2v) is 4.57. The zero-order chi connectivity index (χ0) is 13.3. The molecule has 0 aliphatic carbocycles. The third kappa shape index (κ3) is 2.54. The SMILES string of the molecule is CC(Oc1ccc(F)cc1Cl)c1n[nH]c(=S)n1C. The highest BCUT2D eigenvalue weighted by Gasteiger charge is 2.15. The molecule has 0 aliphatic rings. The summed E-state index contributed by atoms with van der Waals surface area (Å²) in [5.41, 5.74) is 0. The monoisotopic (exact) mass is 287 g/mol. The topological polar surface area (TPSA) is 42.8 Å². The van der Waals surface area contributed by atoms with Crippen LogP contribution in [0.3, 0.4) is 0 Å². The van der Waals surface area contributed by atoms with E-state index in [4.69, 9.17) is 28.6 Å². The Hall–Kier alpha value is -1.40. The van der Waals surface area contributed by atoms with Crippen molar-refractivity contribution in [3.05, 3.63) is 39.6 Å². The summed E-state index contributed by atoms with van der Waals surface area (Å²) in [5, 5.41) is 6.95. The van der Waals surface area contributed by atoms with Gasteiger partial charge in [0.15, 0.2) is 16.7 Å². The van der Waals surface area contributed by atoms with E-state index in [9.17, 15) is 4.39 Å². The maximum Gasteiger partial charge on any atom is 0.195 e. The fraction of sp³-hybridized carbons (Fsp3) is 0.273. The van der Waals surface area contributed by atoms with Gasteiger partial charge in [0.2, 0.25) is 0 Å². The Balaban J connectivity index is 2.24. The molecule has 0 radical (unpaired) electrons. The minimum absolute atomic E-state index is 0.221. The molecule has 96 valence electrons. The van der Waals surface area contributed by atoms with E-state index in [1.165, 1.54) is 18.2 Å². The molecule has 0 aliphatic heterocycles. The van der Waals surface area contributed by atoms with Gasteiger partial charge in [0.1, 0.15) is 11.6 Å². The normalized spacial score (nSPS) is 12.4. The number of nitrogens with zero attached hydrogens (tertiary/aromatic N) is 2. The molecule has 0 saturated heterocycles. The first kappa shape index (κ1) is 13.0. The first-order valence-electron chi connectivity index (χ1n) is 5.22. The van der Waals surface area contributed by atoms with Gasteiger partial charge >= 0.3 is 0 Å². The Morgan fingerprint density at radius 1 is 1.56 bits per heavy atom. The van der Waals surface area contributed by atoms with Crippen molar-refractivity contribution >= 4 is 23.8 Å². The third-order valence-corrected chi connectivity index (χ3v) is 3.14. The van der Waals surface area contributed by atoms with Crippen LogP contribution in [0.1, 0.15) is 18.9 Å². The molecule has 1 N–H and O–H groups in total. The first-order valence-corrected chi connectivity index (χ1v) is 6.00. The van der Waals surface area contributed by atoms with E-state index in [2.05, 4.69) is 10.2 Å². The smallest absolute Gasteiger partial charge is 0.195 e. The number of halogens is 2. The Morgan fingerprint density at radius 2 is 2.28 bits per heavy atom. The Morgan fingerprint density at radius 3 is 2.83 bits per heavy atom. The maximum absolute atomic E-state index is 12.9. The van der Waals surface area contributed by atoms with E-state index in [1.54, 1.807) is 11.6 Å². The number of benzene rings is 1. The summed E-state index contributed by atoms with van der Waals surface area (Å²) in [6, 6.07) is 3.97. The minimum atomic E-state index is -0.404. The second-order valence-electron chi connectivity index (χ2n) is 3.78. The van der Waals surface area contributed by atoms with Crippen molar-refractivity contribution in [1.82, 2.24) is 14.8 Å². The molecule has 4 nitrogen and oxygen atoms in total. The largest absolute Gasteiger partial charge is 0.481 e. The van der Waals surface area contributed by atoms with E-state index >= 15 is 0 Å². The van der Waals surface area contributed by atoms with E-state index in [0.29, 0.717) is 16.3 Å². The number of aromatic amines is 1. The van der Waals surface area contributed by atoms with Crippen molar-refractivity contribution in [3.63, 3.8) is 0 Å². The second kappa shape index (κ2) is 5.07. The molecule has 1 aromatic heterocycles. The Kier molecular flexibility index (Phi) is 3.68. The summed E-state index contributed by atoms with van der Waals surface area (Å²) in [4.78, 5) is 0. The van der Waals surface area contributed by atoms with Gasteiger partial charge in [0, 0.05) is 7.05 Å². The molecular weight excluding hydrogens is 277 g/mol. The standard InChI is InChI=1S/C11H11ClFN3OS/c1-6(10-14-15-11(18)16(10)2)17-9-4-3-7(13)5-8(9)12/h3-6H,1-2H3,(H,15,18). The van der Waals surface area contributed by atoms with E-state index in [-0.39, 0.29) is 11.1 Å². The number of nitrogens with one attached hydrogen (secondary N) is 1. The van der Waals surface area contributed by atoms with Gasteiger partial charge < -0.3 is 9.30 Å². The molecule has 1 unspecified atom stereocenters. The highest BCUT2D eigenvalue weighted by Crippen LogP contribution is 2.28. The summed E-state index contributed by atoms with van der Waals surface area (Å²) in [6.07, 6.45) is -0.356. The van der Waals surface area contributed by atoms with Crippen LogP contribution in [-0.4, -0.2) is 14.8 Å². The molecule has 0 amide bonds. The van der Waals surface area contributed by atoms with Gasteiger partial charge in [-0.15, -0.1) is 0 Å². The highest BCUT2D eigenvalue weighted by molar-refractivity contribution is 7.71. The summed E-state index contributed by atoms with van der Waals surface area (Å²) < 4.78 is 20.7. The molecule has 0 spiro atoms. The number of hydrogen-bond acceptors (Lipinski definition) is 3. The molecular formula is C11H11ClFN3OS. The Labute approximate surface area is 113 Å². The number of hydrogen-bond donors (Lipinski definition) is 1. The van der Waals surface area contributed by atoms with Gasteiger partial charge in [0.25, 0.3) is 0 Å². The lowest BCUT2D eigenvalue weighted by atomic mass is 10.3. The summed E-state index contributed by atoms with van der Waals surface area (Å²) in [5.74, 6) is 0.637. The van der Waals surface area contributed by atoms with Crippen LogP contribution < -0.4 is 4.74 Å². The maximum atomic E-state index is 12.9. The summed E-state index contributed by atoms with van der Waals surface area (Å²) >= 11 is 10.9. The highest BCUT2D eigenvalue weighted by atomic mass is 35.5. The van der Waals surface area contributed by atoms with Crippen LogP contribution in [0.15, 0.2) is 18.2 Å². The van der Waals surface area contributed by atoms with Crippen molar-refractivity contribution in [1.29, 1.82) is 0 Å². The van der Waals surface area contributed by atoms with Gasteiger partial charge in [-0.2, -0.15) is 5.10 Å². The zero-order valence-corrected chi connectivity index (χ0v) is 11.3. The number of ether oxygens (including phenoxy) is 1. The lowest BCUT2D eigenvalue weighted by Crippen LogP contribution is -2.10. The Bertz CT molecular complexity index is 625. The van der Waals surface area contributed by atoms with Crippen molar-refractivity contribution in [2.75, 3.05) is 0 Å². The average molecular weight is 288 g/mol. The van der Waals surface area contributed by atoms with Crippen molar-refractivity contribution in [2.24, 2.45) is 7.05 Å². The van der Waals surface area contributed by atoms with Crippen LogP contribution in [0.4, 0.5) is 4.39 Å². The lowest BCUT2D eigenvalue weighted by Gasteiger charge is -2.14. The van der Waals surface area contributed by atoms with Gasteiger partial charge in [-0.1, -0.05) is 11.6 Å². The summed E-state index contributed by atoms with van der Waals surface area (Å²) in [6.45, 7) is 1.81. The van der Waals surface area contributed by atoms with Gasteiger partial charge in [-0.25, -0.2) is 4.39 Å². The molecule has 0 bridgehead atoms. The van der Waals surface area contributed by atoms with Gasteiger partial charge in [0.05, 0.1) is 5.02 Å². The number of aromatic nitrogens is 3. The van der Waals surface area contributed by atoms with Crippen LogP contribution in [0.2, 0.25) is 5.02 Å². The number of H-pyrrole nitrogens is 1. The van der Waals surface area contributed by atoms with E-state index in [1.807, 2.05) is 6.92 Å². The number of rotatable bonds is 3. The van der Waals surface area contributed by atoms with Gasteiger partial charge in [-0.3, -0.25) is 5.10 Å². The molecule has 1 heterocycles. The predicted octanol–water partition coefficient (Wildman–Crippen LogP) is 3.41. The fourth-order valence-electron chi connectivity index (χ4n) is 1.54. The zero-order valence-electron chi connectivity index (χ0n) is 9.78. The van der Waals surface area contributed by atoms with Crippen molar-refractivity contribution in [3.8, 4) is 5.75 Å². The van der Waals surface area contributed by atoms with Crippen molar-refractivity contribution in [2.45, 2.75) is 13.0 Å².